The van der Waals surface area contributed by atoms with Gasteiger partial charge in [0, 0.05) is 12.6 Å². The van der Waals surface area contributed by atoms with Gasteiger partial charge in [0.15, 0.2) is 11.6 Å². The summed E-state index contributed by atoms with van der Waals surface area (Å²) in [4.78, 5) is -0.290. The zero-order valence-corrected chi connectivity index (χ0v) is 10.3. The van der Waals surface area contributed by atoms with Crippen LogP contribution < -0.4 is 0 Å². The van der Waals surface area contributed by atoms with Crippen molar-refractivity contribution in [3.63, 3.8) is 0 Å². The van der Waals surface area contributed by atoms with Crippen LogP contribution in [0.4, 0.5) is 8.78 Å². The Hall–Kier alpha value is -1.05. The average molecular weight is 277 g/mol. The molecule has 4 nitrogen and oxygen atoms in total. The Kier molecular flexibility index (Phi) is 3.65. The van der Waals surface area contributed by atoms with E-state index in [1.807, 2.05) is 0 Å². The van der Waals surface area contributed by atoms with E-state index in [1.54, 1.807) is 0 Å². The molecule has 1 N–H and O–H groups in total. The van der Waals surface area contributed by atoms with E-state index < -0.39 is 21.7 Å². The number of hydrogen-bond acceptors (Lipinski definition) is 3. The largest absolute Gasteiger partial charge is 0.395 e. The van der Waals surface area contributed by atoms with Crippen LogP contribution in [-0.2, 0) is 10.0 Å². The van der Waals surface area contributed by atoms with Crippen molar-refractivity contribution in [1.29, 1.82) is 0 Å². The van der Waals surface area contributed by atoms with Crippen LogP contribution in [-0.4, -0.2) is 37.0 Å². The van der Waals surface area contributed by atoms with Gasteiger partial charge in [-0.1, -0.05) is 0 Å². The van der Waals surface area contributed by atoms with E-state index in [0.717, 1.165) is 29.3 Å². The molecule has 0 saturated heterocycles. The summed E-state index contributed by atoms with van der Waals surface area (Å²) in [7, 11) is -3.87. The molecule has 1 saturated carbocycles. The Morgan fingerprint density at radius 1 is 1.28 bits per heavy atom. The van der Waals surface area contributed by atoms with Gasteiger partial charge in [-0.05, 0) is 31.0 Å². The fourth-order valence-electron chi connectivity index (χ4n) is 1.73. The van der Waals surface area contributed by atoms with Crippen LogP contribution in [0.15, 0.2) is 23.1 Å². The normalized spacial score (nSPS) is 16.2. The standard InChI is InChI=1S/C11H13F2NO3S/c12-10-4-3-9(7-11(10)13)18(16,17)14(5-6-15)8-1-2-8/h3-4,7-8,15H,1-2,5-6H2. The molecule has 100 valence electrons. The molecule has 0 amide bonds. The second-order valence-electron chi connectivity index (χ2n) is 4.15. The Morgan fingerprint density at radius 3 is 2.44 bits per heavy atom. The first-order valence-electron chi connectivity index (χ1n) is 5.54. The van der Waals surface area contributed by atoms with E-state index in [0.29, 0.717) is 6.07 Å². The lowest BCUT2D eigenvalue weighted by Gasteiger charge is -2.20. The Balaban J connectivity index is 2.36. The van der Waals surface area contributed by atoms with Crippen molar-refractivity contribution in [2.24, 2.45) is 0 Å². The minimum atomic E-state index is -3.87. The van der Waals surface area contributed by atoms with E-state index in [-0.39, 0.29) is 24.1 Å². The van der Waals surface area contributed by atoms with Gasteiger partial charge in [0.2, 0.25) is 10.0 Å². The fraction of sp³-hybridized carbons (Fsp3) is 0.455. The molecule has 1 aromatic rings. The molecular formula is C11H13F2NO3S. The fourth-order valence-corrected chi connectivity index (χ4v) is 3.42. The van der Waals surface area contributed by atoms with Gasteiger partial charge in [0.05, 0.1) is 11.5 Å². The maximum Gasteiger partial charge on any atom is 0.243 e. The van der Waals surface area contributed by atoms with Gasteiger partial charge in [0.25, 0.3) is 0 Å². The van der Waals surface area contributed by atoms with Crippen LogP contribution >= 0.6 is 0 Å². The van der Waals surface area contributed by atoms with Crippen molar-refractivity contribution < 1.29 is 22.3 Å². The first kappa shape index (κ1) is 13.4. The molecule has 0 radical (unpaired) electrons. The Labute approximate surface area is 104 Å². The molecule has 1 aliphatic rings. The quantitative estimate of drug-likeness (QED) is 0.877. The summed E-state index contributed by atoms with van der Waals surface area (Å²) in [5.74, 6) is -2.29. The number of benzene rings is 1. The highest BCUT2D eigenvalue weighted by molar-refractivity contribution is 7.89. The van der Waals surface area contributed by atoms with Crippen molar-refractivity contribution >= 4 is 10.0 Å². The molecule has 0 aliphatic heterocycles. The van der Waals surface area contributed by atoms with Crippen LogP contribution in [0.1, 0.15) is 12.8 Å². The number of nitrogens with zero attached hydrogens (tertiary/aromatic N) is 1. The van der Waals surface area contributed by atoms with Gasteiger partial charge in [-0.2, -0.15) is 4.31 Å². The summed E-state index contributed by atoms with van der Waals surface area (Å²) < 4.78 is 51.4. The summed E-state index contributed by atoms with van der Waals surface area (Å²) in [6.45, 7) is -0.342. The molecule has 0 spiro atoms. The molecule has 0 unspecified atom stereocenters. The molecule has 2 rings (SSSR count). The second kappa shape index (κ2) is 4.91. The van der Waals surface area contributed by atoms with Gasteiger partial charge >= 0.3 is 0 Å². The Morgan fingerprint density at radius 2 is 1.94 bits per heavy atom. The van der Waals surface area contributed by atoms with E-state index in [9.17, 15) is 17.2 Å². The van der Waals surface area contributed by atoms with Crippen LogP contribution in [0, 0.1) is 11.6 Å². The third kappa shape index (κ3) is 2.52. The predicted molar refractivity (Wildman–Crippen MR) is 60.4 cm³/mol. The molecule has 1 fully saturated rings. The maximum atomic E-state index is 13.1. The third-order valence-corrected chi connectivity index (χ3v) is 4.72. The summed E-state index contributed by atoms with van der Waals surface area (Å²) in [5.41, 5.74) is 0. The number of halogens is 2. The molecule has 1 aliphatic carbocycles. The highest BCUT2D eigenvalue weighted by Gasteiger charge is 2.37. The van der Waals surface area contributed by atoms with Gasteiger partial charge in [-0.3, -0.25) is 0 Å². The summed E-state index contributed by atoms with van der Waals surface area (Å²) >= 11 is 0. The molecule has 0 bridgehead atoms. The van der Waals surface area contributed by atoms with Crippen molar-refractivity contribution in [2.45, 2.75) is 23.8 Å². The van der Waals surface area contributed by atoms with E-state index >= 15 is 0 Å². The van der Waals surface area contributed by atoms with E-state index in [1.165, 1.54) is 0 Å². The average Bonchev–Trinajstić information content (AvgIpc) is 3.13. The smallest absolute Gasteiger partial charge is 0.243 e. The molecule has 0 aromatic heterocycles. The van der Waals surface area contributed by atoms with Gasteiger partial charge < -0.3 is 5.11 Å². The Bertz CT molecular complexity index is 543. The molecule has 0 atom stereocenters. The lowest BCUT2D eigenvalue weighted by Crippen LogP contribution is -2.35. The molecule has 1 aromatic carbocycles. The monoisotopic (exact) mass is 277 g/mol. The SMILES string of the molecule is O=S(=O)(c1ccc(F)c(F)c1)N(CCO)C1CC1. The topological polar surface area (TPSA) is 57.6 Å². The summed E-state index contributed by atoms with van der Waals surface area (Å²) in [5, 5.41) is 8.88. The van der Waals surface area contributed by atoms with E-state index in [2.05, 4.69) is 0 Å². The van der Waals surface area contributed by atoms with Crippen molar-refractivity contribution in [2.75, 3.05) is 13.2 Å². The van der Waals surface area contributed by atoms with Crippen LogP contribution in [0.25, 0.3) is 0 Å². The van der Waals surface area contributed by atoms with Gasteiger partial charge in [0.1, 0.15) is 0 Å². The van der Waals surface area contributed by atoms with Crippen LogP contribution in [0.2, 0.25) is 0 Å². The van der Waals surface area contributed by atoms with Crippen molar-refractivity contribution in [3.05, 3.63) is 29.8 Å². The summed E-state index contributed by atoms with van der Waals surface area (Å²) in [6.07, 6.45) is 1.45. The zero-order chi connectivity index (χ0) is 13.3. The minimum Gasteiger partial charge on any atom is -0.395 e. The van der Waals surface area contributed by atoms with Crippen molar-refractivity contribution in [1.82, 2.24) is 4.31 Å². The first-order chi connectivity index (χ1) is 8.46. The number of hydrogen-bond donors (Lipinski definition) is 1. The highest BCUT2D eigenvalue weighted by Crippen LogP contribution is 2.31. The van der Waals surface area contributed by atoms with Gasteiger partial charge in [-0.25, -0.2) is 17.2 Å². The lowest BCUT2D eigenvalue weighted by molar-refractivity contribution is 0.250. The molecule has 18 heavy (non-hydrogen) atoms. The third-order valence-electron chi connectivity index (χ3n) is 2.77. The van der Waals surface area contributed by atoms with E-state index in [4.69, 9.17) is 5.11 Å². The first-order valence-corrected chi connectivity index (χ1v) is 6.98. The number of sulfonamides is 1. The minimum absolute atomic E-state index is 0.0357. The zero-order valence-electron chi connectivity index (χ0n) is 9.51. The maximum absolute atomic E-state index is 13.1. The number of aliphatic hydroxyl groups excluding tert-OH is 1. The molecule has 7 heteroatoms. The summed E-state index contributed by atoms with van der Waals surface area (Å²) in [6, 6.07) is 2.33. The number of rotatable bonds is 5. The molecular weight excluding hydrogens is 264 g/mol. The lowest BCUT2D eigenvalue weighted by atomic mass is 10.3. The number of aliphatic hydroxyl groups is 1. The van der Waals surface area contributed by atoms with Crippen LogP contribution in [0.3, 0.4) is 0 Å². The predicted octanol–water partition coefficient (Wildman–Crippen LogP) is 1.11. The van der Waals surface area contributed by atoms with Crippen LogP contribution in [0.5, 0.6) is 0 Å². The second-order valence-corrected chi connectivity index (χ2v) is 6.04. The van der Waals surface area contributed by atoms with Gasteiger partial charge in [-0.15, -0.1) is 0 Å². The highest BCUT2D eigenvalue weighted by atomic mass is 32.2. The van der Waals surface area contributed by atoms with Crippen molar-refractivity contribution in [3.8, 4) is 0 Å². The molecule has 0 heterocycles.